The highest BCUT2D eigenvalue weighted by molar-refractivity contribution is 7.91. The van der Waals surface area contributed by atoms with E-state index in [1.54, 1.807) is 0 Å². The van der Waals surface area contributed by atoms with Crippen molar-refractivity contribution in [3.63, 3.8) is 0 Å². The Hall–Kier alpha value is -3.16. The number of azide groups is 1. The lowest BCUT2D eigenvalue weighted by Crippen LogP contribution is -2.56. The molecule has 182 valence electrons. The van der Waals surface area contributed by atoms with E-state index >= 15 is 0 Å². The fourth-order valence-corrected chi connectivity index (χ4v) is 5.77. The van der Waals surface area contributed by atoms with E-state index in [9.17, 15) is 39.9 Å². The Kier molecular flexibility index (Phi) is 5.61. The number of benzene rings is 2. The summed E-state index contributed by atoms with van der Waals surface area (Å²) < 4.78 is 110. The maximum absolute atomic E-state index is 13.2. The Morgan fingerprint density at radius 3 is 1.91 bits per heavy atom. The van der Waals surface area contributed by atoms with Crippen LogP contribution in [0.25, 0.3) is 10.4 Å². The van der Waals surface area contributed by atoms with E-state index in [1.807, 2.05) is 0 Å². The Balaban J connectivity index is 1.92. The van der Waals surface area contributed by atoms with E-state index in [1.165, 1.54) is 0 Å². The van der Waals surface area contributed by atoms with Crippen LogP contribution in [0.2, 0.25) is 0 Å². The molecule has 0 amide bonds. The minimum atomic E-state index is -4.79. The summed E-state index contributed by atoms with van der Waals surface area (Å²) in [6, 6.07) is 1.64. The molecule has 2 heterocycles. The molecular formula is C19H14F6N4O4S. The zero-order chi connectivity index (χ0) is 25.1. The van der Waals surface area contributed by atoms with Gasteiger partial charge in [-0.2, -0.15) is 26.3 Å². The zero-order valence-corrected chi connectivity index (χ0v) is 17.6. The van der Waals surface area contributed by atoms with Crippen LogP contribution in [-0.2, 0) is 22.2 Å². The Bertz CT molecular complexity index is 1230. The summed E-state index contributed by atoms with van der Waals surface area (Å²) in [6.07, 6.45) is -11.2. The Morgan fingerprint density at radius 2 is 1.47 bits per heavy atom. The van der Waals surface area contributed by atoms with Crippen molar-refractivity contribution in [2.45, 2.75) is 30.5 Å². The van der Waals surface area contributed by atoms with Gasteiger partial charge in [-0.15, -0.1) is 0 Å². The number of nitrogens with zero attached hydrogens (tertiary/aromatic N) is 4. The molecule has 1 fully saturated rings. The van der Waals surface area contributed by atoms with E-state index < -0.39 is 74.5 Å². The fourth-order valence-electron chi connectivity index (χ4n) is 3.99. The van der Waals surface area contributed by atoms with Crippen LogP contribution in [-0.4, -0.2) is 43.2 Å². The van der Waals surface area contributed by atoms with Crippen LogP contribution in [0, 0.1) is 0 Å². The molecule has 15 heteroatoms. The molecule has 0 bridgehead atoms. The van der Waals surface area contributed by atoms with Gasteiger partial charge in [-0.05, 0) is 41.9 Å². The minimum absolute atomic E-state index is 0.110. The molecule has 0 unspecified atom stereocenters. The molecule has 2 aromatic carbocycles. The quantitative estimate of drug-likeness (QED) is 0.271. The smallest absolute Gasteiger partial charge is 0.416 e. The lowest BCUT2D eigenvalue weighted by atomic mass is 9.99. The van der Waals surface area contributed by atoms with E-state index in [0.717, 1.165) is 17.0 Å². The van der Waals surface area contributed by atoms with Crippen molar-refractivity contribution in [1.29, 1.82) is 0 Å². The third kappa shape index (κ3) is 4.33. The largest absolute Gasteiger partial charge is 0.453 e. The van der Waals surface area contributed by atoms with Gasteiger partial charge in [0.25, 0.3) is 0 Å². The average Bonchev–Trinajstić information content (AvgIpc) is 2.72. The number of halogens is 6. The number of ether oxygens (including phenoxy) is 1. The van der Waals surface area contributed by atoms with Gasteiger partial charge in [0, 0.05) is 4.91 Å². The number of rotatable bonds is 2. The number of fused-ring (bicyclic) bond motifs is 2. The molecule has 2 aliphatic heterocycles. The van der Waals surface area contributed by atoms with Crippen molar-refractivity contribution in [2.75, 3.05) is 16.4 Å². The number of anilines is 2. The normalized spacial score (nSPS) is 23.9. The molecule has 1 saturated heterocycles. The molecule has 0 aromatic heterocycles. The molecule has 34 heavy (non-hydrogen) atoms. The van der Waals surface area contributed by atoms with Gasteiger partial charge in [0.2, 0.25) is 0 Å². The Labute approximate surface area is 187 Å². The van der Waals surface area contributed by atoms with Crippen LogP contribution >= 0.6 is 0 Å². The molecule has 0 radical (unpaired) electrons. The molecule has 0 aliphatic carbocycles. The molecule has 0 spiro atoms. The van der Waals surface area contributed by atoms with Crippen LogP contribution in [0.15, 0.2) is 41.5 Å². The second-order valence-electron chi connectivity index (χ2n) is 7.74. The van der Waals surface area contributed by atoms with Gasteiger partial charge in [-0.1, -0.05) is 5.11 Å². The number of hydrogen-bond donors (Lipinski definition) is 1. The van der Waals surface area contributed by atoms with E-state index in [-0.39, 0.29) is 11.4 Å². The monoisotopic (exact) mass is 508 g/mol. The first kappa shape index (κ1) is 24.0. The van der Waals surface area contributed by atoms with Crippen LogP contribution in [0.1, 0.15) is 11.1 Å². The number of aliphatic hydroxyl groups is 1. The van der Waals surface area contributed by atoms with Crippen molar-refractivity contribution >= 4 is 21.2 Å². The van der Waals surface area contributed by atoms with Crippen molar-refractivity contribution in [3.8, 4) is 11.5 Å². The van der Waals surface area contributed by atoms with Crippen LogP contribution in [0.5, 0.6) is 11.5 Å². The lowest BCUT2D eigenvalue weighted by molar-refractivity contribution is -0.138. The summed E-state index contributed by atoms with van der Waals surface area (Å²) in [6.45, 7) is 0. The summed E-state index contributed by atoms with van der Waals surface area (Å²) in [7, 11) is -3.92. The molecule has 2 aliphatic rings. The maximum atomic E-state index is 13.2. The van der Waals surface area contributed by atoms with Crippen molar-refractivity contribution in [1.82, 2.24) is 0 Å². The second kappa shape index (κ2) is 7.96. The first-order valence-corrected chi connectivity index (χ1v) is 11.4. The Morgan fingerprint density at radius 1 is 0.971 bits per heavy atom. The number of hydrogen-bond acceptors (Lipinski definition) is 6. The molecule has 1 N–H and O–H groups in total. The molecular weight excluding hydrogens is 494 g/mol. The topological polar surface area (TPSA) is 116 Å². The molecule has 2 aromatic rings. The van der Waals surface area contributed by atoms with Gasteiger partial charge >= 0.3 is 12.4 Å². The summed E-state index contributed by atoms with van der Waals surface area (Å²) >= 11 is 0. The van der Waals surface area contributed by atoms with Gasteiger partial charge in [0.1, 0.15) is 0 Å². The van der Waals surface area contributed by atoms with Crippen molar-refractivity contribution < 1.29 is 44.6 Å². The predicted octanol–water partition coefficient (Wildman–Crippen LogP) is 4.80. The molecule has 4 rings (SSSR count). The third-order valence-corrected chi connectivity index (χ3v) is 7.18. The van der Waals surface area contributed by atoms with Gasteiger partial charge in [0.15, 0.2) is 21.3 Å². The van der Waals surface area contributed by atoms with Gasteiger partial charge < -0.3 is 14.7 Å². The average molecular weight is 508 g/mol. The molecule has 3 atom stereocenters. The highest BCUT2D eigenvalue weighted by atomic mass is 32.2. The number of aliphatic hydroxyl groups excluding tert-OH is 1. The highest BCUT2D eigenvalue weighted by Crippen LogP contribution is 2.51. The van der Waals surface area contributed by atoms with Crippen molar-refractivity contribution in [2.24, 2.45) is 5.11 Å². The summed E-state index contributed by atoms with van der Waals surface area (Å²) in [5.74, 6) is -2.35. The fraction of sp³-hybridized carbons (Fsp3) is 0.368. The standard InChI is InChI=1S/C19H14F6N4O4S/c20-18(21,22)9-1-3-12-15(5-9)33-16-6-10(19(23,24)25)2-4-13(16)29(12)14-8-34(31,32)7-11(17(14)30)27-28-26/h1-6,11,14,17,30H,7-8H2/t11-,14+,17+/m1/s1. The van der Waals surface area contributed by atoms with Gasteiger partial charge in [-0.3, -0.25) is 0 Å². The van der Waals surface area contributed by atoms with Crippen LogP contribution in [0.4, 0.5) is 37.7 Å². The number of alkyl halides is 6. The van der Waals surface area contributed by atoms with Crippen LogP contribution in [0.3, 0.4) is 0 Å². The first-order chi connectivity index (χ1) is 15.7. The summed E-state index contributed by atoms with van der Waals surface area (Å²) in [5, 5.41) is 14.1. The molecule has 0 saturated carbocycles. The first-order valence-electron chi connectivity index (χ1n) is 9.53. The number of sulfone groups is 1. The van der Waals surface area contributed by atoms with E-state index in [2.05, 4.69) is 10.0 Å². The lowest BCUT2D eigenvalue weighted by Gasteiger charge is -2.43. The minimum Gasteiger partial charge on any atom is -0.453 e. The predicted molar refractivity (Wildman–Crippen MR) is 106 cm³/mol. The van der Waals surface area contributed by atoms with Gasteiger partial charge in [-0.25, -0.2) is 8.42 Å². The maximum Gasteiger partial charge on any atom is 0.416 e. The van der Waals surface area contributed by atoms with E-state index in [4.69, 9.17) is 10.3 Å². The van der Waals surface area contributed by atoms with E-state index in [0.29, 0.717) is 24.3 Å². The SMILES string of the molecule is [N-]=[N+]=N[C@@H]1CS(=O)(=O)C[C@H](N2c3ccc(C(F)(F)F)cc3Oc3cc(C(F)(F)F)ccc32)[C@H]1O. The van der Waals surface area contributed by atoms with Crippen LogP contribution < -0.4 is 9.64 Å². The zero-order valence-electron chi connectivity index (χ0n) is 16.7. The third-order valence-electron chi connectivity index (χ3n) is 5.48. The van der Waals surface area contributed by atoms with Crippen molar-refractivity contribution in [3.05, 3.63) is 58.0 Å². The molecule has 8 nitrogen and oxygen atoms in total. The van der Waals surface area contributed by atoms with Gasteiger partial charge in [0.05, 0.1) is 52.2 Å². The second-order valence-corrected chi connectivity index (χ2v) is 9.89. The highest BCUT2D eigenvalue weighted by Gasteiger charge is 2.46. The summed E-state index contributed by atoms with van der Waals surface area (Å²) in [5.41, 5.74) is 6.22. The summed E-state index contributed by atoms with van der Waals surface area (Å²) in [4.78, 5) is 3.64.